The van der Waals surface area contributed by atoms with Gasteiger partial charge in [0.2, 0.25) is 0 Å². The average molecular weight is 249 g/mol. The van der Waals surface area contributed by atoms with Crippen molar-refractivity contribution in [2.75, 3.05) is 6.61 Å². The van der Waals surface area contributed by atoms with E-state index in [1.807, 2.05) is 0 Å². The van der Waals surface area contributed by atoms with Gasteiger partial charge in [0, 0.05) is 6.42 Å². The van der Waals surface area contributed by atoms with Crippen LogP contribution in [-0.2, 0) is 9.53 Å². The molecular weight excluding hydrogens is 230 g/mol. The van der Waals surface area contributed by atoms with Gasteiger partial charge in [-0.25, -0.2) is 0 Å². The molecule has 100 valence electrons. The van der Waals surface area contributed by atoms with Crippen LogP contribution in [0.5, 0.6) is 0 Å². The van der Waals surface area contributed by atoms with E-state index in [0.29, 0.717) is 0 Å². The first kappa shape index (κ1) is 14.5. The minimum absolute atomic E-state index is 0.168. The van der Waals surface area contributed by atoms with Gasteiger partial charge in [0.1, 0.15) is 24.4 Å². The third-order valence-electron chi connectivity index (χ3n) is 2.90. The minimum Gasteiger partial charge on any atom is -0.394 e. The van der Waals surface area contributed by atoms with Crippen LogP contribution >= 0.6 is 0 Å². The van der Waals surface area contributed by atoms with Crippen molar-refractivity contribution >= 4 is 5.78 Å². The highest BCUT2D eigenvalue weighted by atomic mass is 16.5. The summed E-state index contributed by atoms with van der Waals surface area (Å²) in [6.07, 6.45) is -6.36. The Hall–Kier alpha value is -0.570. The Kier molecular flexibility index (Phi) is 4.99. The Morgan fingerprint density at radius 2 is 1.76 bits per heavy atom. The lowest BCUT2D eigenvalue weighted by atomic mass is 9.92. The first-order valence-corrected chi connectivity index (χ1v) is 5.47. The molecule has 0 spiro atoms. The molecule has 0 unspecified atom stereocenters. The van der Waals surface area contributed by atoms with Crippen LogP contribution < -0.4 is 5.73 Å². The lowest BCUT2D eigenvalue weighted by Crippen LogP contribution is -2.59. The number of carbonyl (C=O) groups is 1. The largest absolute Gasteiger partial charge is 0.394 e. The van der Waals surface area contributed by atoms with Gasteiger partial charge >= 0.3 is 0 Å². The van der Waals surface area contributed by atoms with Crippen molar-refractivity contribution < 1.29 is 30.0 Å². The molecular formula is C10H19NO6. The van der Waals surface area contributed by atoms with Gasteiger partial charge in [-0.2, -0.15) is 0 Å². The van der Waals surface area contributed by atoms with E-state index in [9.17, 15) is 20.1 Å². The predicted octanol–water partition coefficient (Wildman–Crippen LogP) is -2.86. The second-order valence-corrected chi connectivity index (χ2v) is 4.33. The first-order valence-electron chi connectivity index (χ1n) is 5.47. The van der Waals surface area contributed by atoms with Crippen LogP contribution in [-0.4, -0.2) is 69.4 Å². The summed E-state index contributed by atoms with van der Waals surface area (Å²) < 4.78 is 5.16. The van der Waals surface area contributed by atoms with Gasteiger partial charge < -0.3 is 30.9 Å². The van der Waals surface area contributed by atoms with Gasteiger partial charge in [-0.1, -0.05) is 0 Å². The minimum atomic E-state index is -1.45. The third-order valence-corrected chi connectivity index (χ3v) is 2.90. The maximum absolute atomic E-state index is 11.4. The van der Waals surface area contributed by atoms with E-state index in [-0.39, 0.29) is 12.2 Å². The molecule has 0 radical (unpaired) electrons. The van der Waals surface area contributed by atoms with E-state index in [4.69, 9.17) is 15.6 Å². The lowest BCUT2D eigenvalue weighted by Gasteiger charge is -2.40. The molecule has 0 aromatic carbocycles. The molecule has 0 aromatic rings. The molecule has 0 amide bonds. The second kappa shape index (κ2) is 5.85. The zero-order valence-electron chi connectivity index (χ0n) is 9.56. The summed E-state index contributed by atoms with van der Waals surface area (Å²) in [7, 11) is 0. The summed E-state index contributed by atoms with van der Waals surface area (Å²) in [4.78, 5) is 11.4. The SMILES string of the molecule is C[C@H](N)C(=O)C[C@@H]1O[C@H](CO)[C@@H](O)[C@H](O)[C@H]1O. The van der Waals surface area contributed by atoms with Crippen LogP contribution in [0.2, 0.25) is 0 Å². The van der Waals surface area contributed by atoms with Crippen molar-refractivity contribution in [3.8, 4) is 0 Å². The number of Topliss-reactive ketones (excluding diaryl/α,β-unsaturated/α-hetero) is 1. The van der Waals surface area contributed by atoms with Gasteiger partial charge in [0.05, 0.1) is 18.8 Å². The van der Waals surface area contributed by atoms with Crippen molar-refractivity contribution in [3.05, 3.63) is 0 Å². The van der Waals surface area contributed by atoms with Crippen molar-refractivity contribution in [2.24, 2.45) is 5.73 Å². The Morgan fingerprint density at radius 3 is 2.24 bits per heavy atom. The van der Waals surface area contributed by atoms with Crippen LogP contribution in [0, 0.1) is 0 Å². The zero-order chi connectivity index (χ0) is 13.2. The normalized spacial score (nSPS) is 40.0. The second-order valence-electron chi connectivity index (χ2n) is 4.33. The molecule has 1 fully saturated rings. The molecule has 1 saturated heterocycles. The van der Waals surface area contributed by atoms with Crippen molar-refractivity contribution in [3.63, 3.8) is 0 Å². The Bertz CT molecular complexity index is 270. The number of hydrogen-bond donors (Lipinski definition) is 5. The molecule has 1 rings (SSSR count). The maximum atomic E-state index is 11.4. The lowest BCUT2D eigenvalue weighted by molar-refractivity contribution is -0.229. The molecule has 0 saturated carbocycles. The number of ether oxygens (including phenoxy) is 1. The molecule has 1 heterocycles. The third kappa shape index (κ3) is 3.21. The molecule has 6 N–H and O–H groups in total. The highest BCUT2D eigenvalue weighted by Gasteiger charge is 2.43. The Morgan fingerprint density at radius 1 is 1.24 bits per heavy atom. The fourth-order valence-corrected chi connectivity index (χ4v) is 1.73. The summed E-state index contributed by atoms with van der Waals surface area (Å²) in [6, 6.07) is -0.692. The molecule has 0 aliphatic carbocycles. The van der Waals surface area contributed by atoms with Crippen LogP contribution in [0.4, 0.5) is 0 Å². The quantitative estimate of drug-likeness (QED) is 0.362. The number of carbonyl (C=O) groups excluding carboxylic acids is 1. The van der Waals surface area contributed by atoms with Gasteiger partial charge in [0.25, 0.3) is 0 Å². The molecule has 17 heavy (non-hydrogen) atoms. The Balaban J connectivity index is 2.69. The average Bonchev–Trinajstić information content (AvgIpc) is 2.29. The number of aliphatic hydroxyl groups excluding tert-OH is 4. The van der Waals surface area contributed by atoms with Crippen LogP contribution in [0.1, 0.15) is 13.3 Å². The monoisotopic (exact) mass is 249 g/mol. The maximum Gasteiger partial charge on any atom is 0.151 e. The Labute approximate surface area is 98.8 Å². The number of ketones is 1. The van der Waals surface area contributed by atoms with E-state index in [1.54, 1.807) is 0 Å². The molecule has 0 bridgehead atoms. The predicted molar refractivity (Wildman–Crippen MR) is 57.0 cm³/mol. The number of hydrogen-bond acceptors (Lipinski definition) is 7. The van der Waals surface area contributed by atoms with E-state index in [2.05, 4.69) is 0 Å². The van der Waals surface area contributed by atoms with Gasteiger partial charge in [-0.3, -0.25) is 4.79 Å². The van der Waals surface area contributed by atoms with E-state index in [1.165, 1.54) is 6.92 Å². The fraction of sp³-hybridized carbons (Fsp3) is 0.900. The highest BCUT2D eigenvalue weighted by Crippen LogP contribution is 2.23. The van der Waals surface area contributed by atoms with Crippen LogP contribution in [0.3, 0.4) is 0 Å². The van der Waals surface area contributed by atoms with Crippen molar-refractivity contribution in [1.29, 1.82) is 0 Å². The summed E-state index contributed by atoms with van der Waals surface area (Å²) in [5.74, 6) is -0.325. The topological polar surface area (TPSA) is 133 Å². The smallest absolute Gasteiger partial charge is 0.151 e. The van der Waals surface area contributed by atoms with Crippen LogP contribution in [0.25, 0.3) is 0 Å². The first-order chi connectivity index (χ1) is 7.88. The molecule has 7 nitrogen and oxygen atoms in total. The van der Waals surface area contributed by atoms with E-state index >= 15 is 0 Å². The highest BCUT2D eigenvalue weighted by molar-refractivity contribution is 5.83. The van der Waals surface area contributed by atoms with Crippen molar-refractivity contribution in [2.45, 2.75) is 49.9 Å². The molecule has 0 aromatic heterocycles. The fourth-order valence-electron chi connectivity index (χ4n) is 1.73. The number of nitrogens with two attached hydrogens (primary N) is 1. The molecule has 7 heteroatoms. The van der Waals surface area contributed by atoms with E-state index in [0.717, 1.165) is 0 Å². The van der Waals surface area contributed by atoms with Crippen molar-refractivity contribution in [1.82, 2.24) is 0 Å². The summed E-state index contributed by atoms with van der Waals surface area (Å²) in [5.41, 5.74) is 5.38. The molecule has 1 aliphatic heterocycles. The summed E-state index contributed by atoms with van der Waals surface area (Å²) in [5, 5.41) is 37.6. The van der Waals surface area contributed by atoms with Gasteiger partial charge in [-0.15, -0.1) is 0 Å². The summed E-state index contributed by atoms with van der Waals surface area (Å²) >= 11 is 0. The van der Waals surface area contributed by atoms with E-state index < -0.39 is 43.2 Å². The molecule has 6 atom stereocenters. The number of rotatable bonds is 4. The van der Waals surface area contributed by atoms with Gasteiger partial charge in [-0.05, 0) is 6.92 Å². The zero-order valence-corrected chi connectivity index (χ0v) is 9.56. The number of aliphatic hydroxyl groups is 4. The molecule has 1 aliphatic rings. The van der Waals surface area contributed by atoms with Gasteiger partial charge in [0.15, 0.2) is 5.78 Å². The standard InChI is InChI=1S/C10H19NO6/c1-4(11)5(13)2-6-8(14)10(16)9(15)7(3-12)17-6/h4,6-10,12,14-16H,2-3,11H2,1H3/t4-,6-,7+,8-,9+,10+/m0/s1. The van der Waals surface area contributed by atoms with Crippen LogP contribution in [0.15, 0.2) is 0 Å². The summed E-state index contributed by atoms with van der Waals surface area (Å²) in [6.45, 7) is 1.00.